The van der Waals surface area contributed by atoms with Gasteiger partial charge in [0.2, 0.25) is 0 Å². The molecule has 1 saturated carbocycles. The van der Waals surface area contributed by atoms with Gasteiger partial charge in [0.1, 0.15) is 0 Å². The molecule has 1 rings (SSSR count). The minimum absolute atomic E-state index is 0.556. The van der Waals surface area contributed by atoms with E-state index in [9.17, 15) is 0 Å². The van der Waals surface area contributed by atoms with Crippen molar-refractivity contribution in [2.45, 2.75) is 40.8 Å². The van der Waals surface area contributed by atoms with Crippen molar-refractivity contribution >= 4 is 26.8 Å². The molecule has 1 aliphatic carbocycles. The third-order valence-corrected chi connectivity index (χ3v) is 6.84. The second-order valence-electron chi connectivity index (χ2n) is 5.38. The van der Waals surface area contributed by atoms with E-state index in [0.717, 1.165) is 13.2 Å². The molecule has 0 spiro atoms. The van der Waals surface area contributed by atoms with Crippen molar-refractivity contribution < 1.29 is 21.8 Å². The van der Waals surface area contributed by atoms with Crippen molar-refractivity contribution in [2.75, 3.05) is 20.3 Å². The predicted octanol–water partition coefficient (Wildman–Crippen LogP) is 5.09. The summed E-state index contributed by atoms with van der Waals surface area (Å²) in [5.74, 6) is 5.80. The summed E-state index contributed by atoms with van der Waals surface area (Å²) in [6, 6.07) is 0. The first-order chi connectivity index (χ1) is 9.24. The zero-order valence-corrected chi connectivity index (χ0v) is 17.6. The number of rotatable bonds is 5. The molecular weight excluding hydrogens is 345 g/mol. The minimum atomic E-state index is -1.67. The molecule has 0 aromatic carbocycles. The van der Waals surface area contributed by atoms with Crippen LogP contribution >= 0.6 is 18.6 Å². The van der Waals surface area contributed by atoms with E-state index >= 15 is 0 Å². The second kappa shape index (κ2) is 10.3. The zero-order valence-electron chi connectivity index (χ0n) is 13.5. The topological polar surface area (TPSA) is 23.3 Å². The molecule has 20 heavy (non-hydrogen) atoms. The van der Waals surface area contributed by atoms with E-state index in [1.165, 1.54) is 29.2 Å². The summed E-state index contributed by atoms with van der Waals surface area (Å²) in [6.45, 7) is 15.1. The van der Waals surface area contributed by atoms with Crippen molar-refractivity contribution in [1.29, 1.82) is 0 Å². The van der Waals surface area contributed by atoms with Crippen molar-refractivity contribution in [3.05, 3.63) is 34.2 Å². The van der Waals surface area contributed by atoms with Gasteiger partial charge in [0.15, 0.2) is 0 Å². The van der Waals surface area contributed by atoms with Gasteiger partial charge in [-0.25, -0.2) is 0 Å². The molecule has 0 heterocycles. The fraction of sp³-hybridized carbons (Fsp3) is 0.643. The summed E-state index contributed by atoms with van der Waals surface area (Å²) < 4.78 is 5.09. The molecule has 1 aliphatic rings. The monoisotopic (exact) mass is 369 g/mol. The van der Waals surface area contributed by atoms with Crippen molar-refractivity contribution in [3.63, 3.8) is 0 Å². The summed E-state index contributed by atoms with van der Waals surface area (Å²) in [4.78, 5) is 4.91. The Morgan fingerprint density at radius 1 is 1.00 bits per heavy atom. The summed E-state index contributed by atoms with van der Waals surface area (Å²) in [6.07, 6.45) is 0. The fourth-order valence-electron chi connectivity index (χ4n) is 2.63. The van der Waals surface area contributed by atoms with Gasteiger partial charge >= 0.3 is 35.6 Å². The van der Waals surface area contributed by atoms with Gasteiger partial charge in [-0.05, 0) is 29.2 Å². The summed E-state index contributed by atoms with van der Waals surface area (Å²) in [7, 11) is 9.84. The van der Waals surface area contributed by atoms with Crippen LogP contribution in [0.15, 0.2) is 0 Å². The third kappa shape index (κ3) is 5.91. The molecule has 1 fully saturated rings. The third-order valence-electron chi connectivity index (χ3n) is 3.85. The Balaban J connectivity index is 0.00000110. The van der Waals surface area contributed by atoms with E-state index in [-0.39, 0.29) is 0 Å². The fourth-order valence-corrected chi connectivity index (χ4v) is 5.65. The first-order valence-electron chi connectivity index (χ1n) is 6.61. The number of ether oxygens (including phenoxy) is 1. The first-order valence-corrected chi connectivity index (χ1v) is 13.9. The van der Waals surface area contributed by atoms with E-state index in [1.54, 1.807) is 7.11 Å². The Bertz CT molecular complexity index is 258. The molecule has 0 saturated heterocycles. The van der Waals surface area contributed by atoms with Gasteiger partial charge in [-0.3, -0.25) is 0 Å². The Kier molecular flexibility index (Phi) is 11.0. The zero-order chi connectivity index (χ0) is 15.9. The molecule has 6 heteroatoms. The van der Waals surface area contributed by atoms with Gasteiger partial charge in [-0.15, -0.1) is 6.54 Å². The Hall–Kier alpha value is 1.43. The summed E-state index contributed by atoms with van der Waals surface area (Å²) in [5.41, 5.74) is 1.53. The molecule has 115 valence electrons. The van der Waals surface area contributed by atoms with E-state index in [0.29, 0.717) is 0 Å². The summed E-state index contributed by atoms with van der Waals surface area (Å²) >= 11 is -0.556. The van der Waals surface area contributed by atoms with Crippen molar-refractivity contribution in [3.8, 4) is 0 Å². The average Bonchev–Trinajstić information content (AvgIpc) is 2.55. The van der Waals surface area contributed by atoms with Crippen LogP contribution in [0.3, 0.4) is 0 Å². The van der Waals surface area contributed by atoms with Gasteiger partial charge in [0.05, 0.1) is 0 Å². The van der Waals surface area contributed by atoms with Crippen LogP contribution in [0.2, 0.25) is 13.1 Å². The standard InChI is InChI=1S/C14H25NOSi.2ClH.Ti/c1-10-11(2)13(4)14(12(10)3)17(6,7)15-8-9-16-5;;;/h8-9H2,1-7H3;2*1H;/q-1;;;+2/p-2. The number of nitrogens with zero attached hydrogens (tertiary/aromatic N) is 1. The molecule has 0 atom stereocenters. The Morgan fingerprint density at radius 3 is 1.75 bits per heavy atom. The average molecular weight is 370 g/mol. The molecule has 0 aromatic heterocycles. The number of halogens is 2. The molecular formula is C14H25Cl2NOSiTi-. The van der Waals surface area contributed by atoms with Gasteiger partial charge < -0.3 is 9.72 Å². The SMILES string of the molecule is COCC[N-][Si](C)(C)[C]1[C](C)[C](C)[C](C)[C]1C.[Cl][Ti][Cl]. The maximum absolute atomic E-state index is 5.09. The Morgan fingerprint density at radius 2 is 1.40 bits per heavy atom. The van der Waals surface area contributed by atoms with Crippen LogP contribution < -0.4 is 0 Å². The molecule has 5 radical (unpaired) electrons. The molecule has 0 aliphatic heterocycles. The van der Waals surface area contributed by atoms with Crippen LogP contribution in [0.25, 0.3) is 4.98 Å². The first kappa shape index (κ1) is 21.4. The quantitative estimate of drug-likeness (QED) is 0.488. The predicted molar refractivity (Wildman–Crippen MR) is 88.2 cm³/mol. The number of hydrogen-bond donors (Lipinski definition) is 0. The molecule has 0 bridgehead atoms. The van der Waals surface area contributed by atoms with Crippen LogP contribution in [0.1, 0.15) is 27.7 Å². The van der Waals surface area contributed by atoms with E-state index in [4.69, 9.17) is 28.3 Å². The van der Waals surface area contributed by atoms with E-state index in [1.807, 2.05) is 0 Å². The number of hydrogen-bond acceptors (Lipinski definition) is 1. The Labute approximate surface area is 143 Å². The van der Waals surface area contributed by atoms with Gasteiger partial charge in [-0.2, -0.15) is 0 Å². The van der Waals surface area contributed by atoms with Crippen LogP contribution in [0.5, 0.6) is 0 Å². The molecule has 2 nitrogen and oxygen atoms in total. The molecule has 0 amide bonds. The van der Waals surface area contributed by atoms with Crippen molar-refractivity contribution in [2.24, 2.45) is 0 Å². The normalized spacial score (nSPS) is 20.1. The van der Waals surface area contributed by atoms with Gasteiger partial charge in [0.25, 0.3) is 0 Å². The molecule has 0 aromatic rings. The maximum atomic E-state index is 5.09. The van der Waals surface area contributed by atoms with Crippen LogP contribution in [-0.4, -0.2) is 28.5 Å². The van der Waals surface area contributed by atoms with E-state index in [2.05, 4.69) is 40.8 Å². The van der Waals surface area contributed by atoms with Crippen LogP contribution in [0, 0.1) is 29.2 Å². The van der Waals surface area contributed by atoms with Gasteiger partial charge in [0, 0.05) is 13.7 Å². The number of methoxy groups -OCH3 is 1. The van der Waals surface area contributed by atoms with Gasteiger partial charge in [-0.1, -0.05) is 49.0 Å². The molecule has 0 unspecified atom stereocenters. The summed E-state index contributed by atoms with van der Waals surface area (Å²) in [5, 5.41) is 0. The van der Waals surface area contributed by atoms with E-state index < -0.39 is 25.3 Å². The van der Waals surface area contributed by atoms with Crippen molar-refractivity contribution in [1.82, 2.24) is 0 Å². The van der Waals surface area contributed by atoms with Crippen LogP contribution in [0.4, 0.5) is 0 Å². The molecule has 0 N–H and O–H groups in total. The van der Waals surface area contributed by atoms with Crippen LogP contribution in [-0.2, 0) is 21.8 Å². The second-order valence-corrected chi connectivity index (χ2v) is 11.9.